The molecule has 0 fully saturated rings. The van der Waals surface area contributed by atoms with Crippen molar-refractivity contribution in [2.75, 3.05) is 0 Å². The lowest BCUT2D eigenvalue weighted by atomic mass is 9.95. The van der Waals surface area contributed by atoms with Crippen molar-refractivity contribution in [1.82, 2.24) is 0 Å². The number of hydrogen-bond donors (Lipinski definition) is 0. The molecule has 1 aromatic carbocycles. The van der Waals surface area contributed by atoms with Gasteiger partial charge in [0.1, 0.15) is 0 Å². The summed E-state index contributed by atoms with van der Waals surface area (Å²) >= 11 is 4.66. The number of nitrogens with zero attached hydrogens (tertiary/aromatic N) is 1. The molecule has 0 saturated carbocycles. The van der Waals surface area contributed by atoms with Crippen molar-refractivity contribution in [1.29, 1.82) is 0 Å². The van der Waals surface area contributed by atoms with Crippen molar-refractivity contribution in [3.8, 4) is 0 Å². The van der Waals surface area contributed by atoms with Gasteiger partial charge in [0.25, 0.3) is 0 Å². The molecule has 74 valence electrons. The van der Waals surface area contributed by atoms with Gasteiger partial charge < -0.3 is 0 Å². The predicted octanol–water partition coefficient (Wildman–Crippen LogP) is 4.24. The molecule has 0 amide bonds. The molecule has 0 bridgehead atoms. The monoisotopic (exact) mass is 205 g/mol. The van der Waals surface area contributed by atoms with Gasteiger partial charge in [0.15, 0.2) is 0 Å². The Morgan fingerprint density at radius 2 is 2.21 bits per heavy atom. The van der Waals surface area contributed by atoms with Gasteiger partial charge >= 0.3 is 0 Å². The summed E-state index contributed by atoms with van der Waals surface area (Å²) < 4.78 is 0. The number of aliphatic imine (C=N–C) groups is 1. The second-order valence-electron chi connectivity index (χ2n) is 3.53. The van der Waals surface area contributed by atoms with Gasteiger partial charge in [-0.2, -0.15) is 4.99 Å². The van der Waals surface area contributed by atoms with Gasteiger partial charge in [-0.25, -0.2) is 0 Å². The van der Waals surface area contributed by atoms with E-state index in [0.29, 0.717) is 5.92 Å². The molecule has 0 heterocycles. The van der Waals surface area contributed by atoms with Gasteiger partial charge in [-0.15, -0.1) is 0 Å². The van der Waals surface area contributed by atoms with Crippen LogP contribution in [0.4, 0.5) is 5.69 Å². The highest BCUT2D eigenvalue weighted by Crippen LogP contribution is 2.31. The summed E-state index contributed by atoms with van der Waals surface area (Å²) in [5, 5.41) is 2.45. The van der Waals surface area contributed by atoms with Crippen molar-refractivity contribution in [3.63, 3.8) is 0 Å². The molecule has 2 heteroatoms. The second kappa shape index (κ2) is 5.04. The topological polar surface area (TPSA) is 12.4 Å². The summed E-state index contributed by atoms with van der Waals surface area (Å²) in [6.07, 6.45) is 1.11. The second-order valence-corrected chi connectivity index (χ2v) is 3.71. The third kappa shape index (κ3) is 2.28. The standard InChI is InChI=1S/C12H15NS/c1-4-9(2)11-7-5-6-10(3)12(11)13-8-14/h5-7,9H,4H2,1-3H3. The van der Waals surface area contributed by atoms with Crippen LogP contribution >= 0.6 is 12.2 Å². The fourth-order valence-electron chi connectivity index (χ4n) is 1.50. The van der Waals surface area contributed by atoms with Gasteiger partial charge in [-0.1, -0.05) is 32.0 Å². The predicted molar refractivity (Wildman–Crippen MR) is 64.6 cm³/mol. The average Bonchev–Trinajstić information content (AvgIpc) is 2.20. The summed E-state index contributed by atoms with van der Waals surface area (Å²) in [6, 6.07) is 6.24. The van der Waals surface area contributed by atoms with Crippen LogP contribution in [-0.4, -0.2) is 5.16 Å². The average molecular weight is 205 g/mol. The van der Waals surface area contributed by atoms with Crippen molar-refractivity contribution in [2.24, 2.45) is 4.99 Å². The van der Waals surface area contributed by atoms with Gasteiger partial charge in [0.2, 0.25) is 0 Å². The van der Waals surface area contributed by atoms with Crippen molar-refractivity contribution < 1.29 is 0 Å². The third-order valence-corrected chi connectivity index (χ3v) is 2.66. The van der Waals surface area contributed by atoms with Crippen LogP contribution in [0.3, 0.4) is 0 Å². The first-order valence-corrected chi connectivity index (χ1v) is 5.28. The lowest BCUT2D eigenvalue weighted by molar-refractivity contribution is 0.734. The highest BCUT2D eigenvalue weighted by Gasteiger charge is 2.09. The third-order valence-electron chi connectivity index (χ3n) is 2.57. The first-order chi connectivity index (χ1) is 6.70. The SMILES string of the molecule is CCC(C)c1cccc(C)c1N=C=S. The number of benzene rings is 1. The van der Waals surface area contributed by atoms with Crippen molar-refractivity contribution in [2.45, 2.75) is 33.1 Å². The largest absolute Gasteiger partial charge is 0.194 e. The van der Waals surface area contributed by atoms with Crippen molar-refractivity contribution in [3.05, 3.63) is 29.3 Å². The maximum Gasteiger partial charge on any atom is 0.0803 e. The molecule has 0 N–H and O–H groups in total. The molecule has 0 radical (unpaired) electrons. The molecule has 1 rings (SSSR count). The van der Waals surface area contributed by atoms with Gasteiger partial charge in [0, 0.05) is 0 Å². The molecule has 0 saturated heterocycles. The van der Waals surface area contributed by atoms with E-state index in [2.05, 4.69) is 61.3 Å². The summed E-state index contributed by atoms with van der Waals surface area (Å²) in [6.45, 7) is 6.44. The maximum absolute atomic E-state index is 4.66. The quantitative estimate of drug-likeness (QED) is 0.531. The Morgan fingerprint density at radius 3 is 2.79 bits per heavy atom. The number of aryl methyl sites for hydroxylation is 1. The fraction of sp³-hybridized carbons (Fsp3) is 0.417. The van der Waals surface area contributed by atoms with Crippen molar-refractivity contribution >= 4 is 23.1 Å². The van der Waals surface area contributed by atoms with E-state index in [1.54, 1.807) is 0 Å². The minimum Gasteiger partial charge on any atom is -0.194 e. The van der Waals surface area contributed by atoms with Crippen LogP contribution in [0.1, 0.15) is 37.3 Å². The highest BCUT2D eigenvalue weighted by molar-refractivity contribution is 7.78. The molecular weight excluding hydrogens is 190 g/mol. The summed E-state index contributed by atoms with van der Waals surface area (Å²) in [5.41, 5.74) is 3.43. The Labute approximate surface area is 90.9 Å². The Bertz CT molecular complexity index is 365. The van der Waals surface area contributed by atoms with E-state index in [9.17, 15) is 0 Å². The van der Waals surface area contributed by atoms with E-state index < -0.39 is 0 Å². The Morgan fingerprint density at radius 1 is 1.50 bits per heavy atom. The lowest BCUT2D eigenvalue weighted by Crippen LogP contribution is -1.93. The van der Waals surface area contributed by atoms with E-state index in [-0.39, 0.29) is 0 Å². The molecule has 1 unspecified atom stereocenters. The number of thiocarbonyl (C=S) groups is 1. The van der Waals surface area contributed by atoms with Crippen LogP contribution in [-0.2, 0) is 0 Å². The van der Waals surface area contributed by atoms with Crippen LogP contribution in [0, 0.1) is 6.92 Å². The zero-order chi connectivity index (χ0) is 10.6. The Balaban J connectivity index is 3.27. The summed E-state index contributed by atoms with van der Waals surface area (Å²) in [5.74, 6) is 0.525. The molecule has 1 atom stereocenters. The highest BCUT2D eigenvalue weighted by atomic mass is 32.1. The molecule has 0 aliphatic rings. The molecule has 0 aliphatic heterocycles. The minimum atomic E-state index is 0.525. The van der Waals surface area contributed by atoms with Gasteiger partial charge in [-0.05, 0) is 42.6 Å². The number of isothiocyanates is 1. The molecule has 0 spiro atoms. The molecular formula is C12H15NS. The molecule has 0 aromatic heterocycles. The maximum atomic E-state index is 4.66. The van der Waals surface area contributed by atoms with Crippen LogP contribution < -0.4 is 0 Å². The number of rotatable bonds is 3. The zero-order valence-electron chi connectivity index (χ0n) is 8.87. The van der Waals surface area contributed by atoms with Gasteiger partial charge in [0.05, 0.1) is 10.8 Å². The molecule has 14 heavy (non-hydrogen) atoms. The minimum absolute atomic E-state index is 0.525. The van der Waals surface area contributed by atoms with Gasteiger partial charge in [-0.3, -0.25) is 0 Å². The van der Waals surface area contributed by atoms with Crippen LogP contribution in [0.25, 0.3) is 0 Å². The van der Waals surface area contributed by atoms with E-state index in [0.717, 1.165) is 12.1 Å². The van der Waals surface area contributed by atoms with Crippen LogP contribution in [0.15, 0.2) is 23.2 Å². The van der Waals surface area contributed by atoms with Crippen LogP contribution in [0.2, 0.25) is 0 Å². The number of para-hydroxylation sites is 1. The first-order valence-electron chi connectivity index (χ1n) is 4.88. The van der Waals surface area contributed by atoms with E-state index in [1.807, 2.05) is 0 Å². The Kier molecular flexibility index (Phi) is 3.99. The Hall–Kier alpha value is -0.980. The molecule has 1 aromatic rings. The molecule has 1 nitrogen and oxygen atoms in total. The smallest absolute Gasteiger partial charge is 0.0803 e. The first kappa shape index (κ1) is 11.1. The zero-order valence-corrected chi connectivity index (χ0v) is 9.69. The number of hydrogen-bond acceptors (Lipinski definition) is 2. The fourth-order valence-corrected chi connectivity index (χ4v) is 1.59. The van der Waals surface area contributed by atoms with E-state index >= 15 is 0 Å². The van der Waals surface area contributed by atoms with E-state index in [4.69, 9.17) is 0 Å². The summed E-state index contributed by atoms with van der Waals surface area (Å²) in [4.78, 5) is 4.14. The van der Waals surface area contributed by atoms with Crippen LogP contribution in [0.5, 0.6) is 0 Å². The summed E-state index contributed by atoms with van der Waals surface area (Å²) in [7, 11) is 0. The molecule has 0 aliphatic carbocycles. The lowest BCUT2D eigenvalue weighted by Gasteiger charge is -2.12. The normalized spacial score (nSPS) is 11.9. The van der Waals surface area contributed by atoms with E-state index in [1.165, 1.54) is 11.1 Å².